The van der Waals surface area contributed by atoms with Gasteiger partial charge in [-0.05, 0) is 33.0 Å². The van der Waals surface area contributed by atoms with Gasteiger partial charge in [-0.3, -0.25) is 10.1 Å². The van der Waals surface area contributed by atoms with Crippen molar-refractivity contribution in [3.8, 4) is 0 Å². The van der Waals surface area contributed by atoms with Gasteiger partial charge in [-0.1, -0.05) is 13.8 Å². The molecule has 0 aliphatic heterocycles. The van der Waals surface area contributed by atoms with Crippen LogP contribution in [-0.2, 0) is 9.59 Å². The molecule has 0 aromatic carbocycles. The van der Waals surface area contributed by atoms with Crippen molar-refractivity contribution in [2.45, 2.75) is 27.2 Å². The van der Waals surface area contributed by atoms with Gasteiger partial charge in [0.05, 0.1) is 0 Å². The molecule has 0 aromatic heterocycles. The standard InChI is InChI=1S/C14H25N3O4/c1-4-16(5-2)10-7-11-17(6-3)14(21)15-12(18)8-9-13(19)20/h8-9H,4-7,10-11H2,1-3H3,(H,19,20)(H,15,18,21)/b9-8+. The first-order chi connectivity index (χ1) is 9.94. The van der Waals surface area contributed by atoms with E-state index >= 15 is 0 Å². The van der Waals surface area contributed by atoms with Crippen molar-refractivity contribution in [3.63, 3.8) is 0 Å². The third-order valence-electron chi connectivity index (χ3n) is 3.07. The smallest absolute Gasteiger partial charge is 0.328 e. The summed E-state index contributed by atoms with van der Waals surface area (Å²) < 4.78 is 0. The summed E-state index contributed by atoms with van der Waals surface area (Å²) in [6.07, 6.45) is 2.34. The highest BCUT2D eigenvalue weighted by Gasteiger charge is 2.13. The lowest BCUT2D eigenvalue weighted by molar-refractivity contribution is -0.131. The Hall–Kier alpha value is -1.89. The maximum Gasteiger partial charge on any atom is 0.328 e. The average molecular weight is 299 g/mol. The Labute approximate surface area is 125 Å². The second-order valence-corrected chi connectivity index (χ2v) is 4.43. The third-order valence-corrected chi connectivity index (χ3v) is 3.07. The first kappa shape index (κ1) is 19.1. The maximum absolute atomic E-state index is 11.8. The minimum absolute atomic E-state index is 0.486. The molecule has 0 atom stereocenters. The van der Waals surface area contributed by atoms with E-state index in [-0.39, 0.29) is 0 Å². The van der Waals surface area contributed by atoms with Crippen LogP contribution in [0.5, 0.6) is 0 Å². The minimum Gasteiger partial charge on any atom is -0.478 e. The number of imide groups is 1. The summed E-state index contributed by atoms with van der Waals surface area (Å²) >= 11 is 0. The summed E-state index contributed by atoms with van der Waals surface area (Å²) in [5.41, 5.74) is 0. The monoisotopic (exact) mass is 299 g/mol. The van der Waals surface area contributed by atoms with Crippen molar-refractivity contribution in [1.82, 2.24) is 15.1 Å². The molecule has 0 aliphatic carbocycles. The topological polar surface area (TPSA) is 90.0 Å². The quantitative estimate of drug-likeness (QED) is 0.618. The van der Waals surface area contributed by atoms with Crippen LogP contribution in [-0.4, -0.2) is 65.5 Å². The molecule has 7 nitrogen and oxygen atoms in total. The molecule has 0 heterocycles. The van der Waals surface area contributed by atoms with Crippen LogP contribution >= 0.6 is 0 Å². The van der Waals surface area contributed by atoms with E-state index in [0.717, 1.165) is 32.1 Å². The van der Waals surface area contributed by atoms with E-state index in [1.807, 2.05) is 6.92 Å². The van der Waals surface area contributed by atoms with Gasteiger partial charge in [-0.2, -0.15) is 0 Å². The molecule has 120 valence electrons. The molecule has 0 bridgehead atoms. The fourth-order valence-corrected chi connectivity index (χ4v) is 1.80. The predicted molar refractivity (Wildman–Crippen MR) is 80.0 cm³/mol. The molecule has 0 aromatic rings. The number of hydrogen-bond donors (Lipinski definition) is 2. The Kier molecular flexibility index (Phi) is 9.87. The van der Waals surface area contributed by atoms with Crippen LogP contribution in [0.15, 0.2) is 12.2 Å². The fraction of sp³-hybridized carbons (Fsp3) is 0.643. The maximum atomic E-state index is 11.8. The van der Waals surface area contributed by atoms with Gasteiger partial charge < -0.3 is 14.9 Å². The molecule has 0 saturated heterocycles. The van der Waals surface area contributed by atoms with E-state index in [0.29, 0.717) is 19.2 Å². The van der Waals surface area contributed by atoms with E-state index in [1.165, 1.54) is 4.90 Å². The van der Waals surface area contributed by atoms with Crippen LogP contribution < -0.4 is 5.32 Å². The highest BCUT2D eigenvalue weighted by Crippen LogP contribution is 1.96. The number of nitrogens with one attached hydrogen (secondary N) is 1. The number of hydrogen-bond acceptors (Lipinski definition) is 4. The Morgan fingerprint density at radius 3 is 2.10 bits per heavy atom. The molecule has 0 rings (SSSR count). The lowest BCUT2D eigenvalue weighted by Gasteiger charge is -2.23. The van der Waals surface area contributed by atoms with Crippen molar-refractivity contribution in [1.29, 1.82) is 0 Å². The van der Waals surface area contributed by atoms with Crippen molar-refractivity contribution in [2.24, 2.45) is 0 Å². The largest absolute Gasteiger partial charge is 0.478 e. The molecular formula is C14H25N3O4. The SMILES string of the molecule is CCN(CC)CCCN(CC)C(=O)NC(=O)/C=C/C(=O)O. The third kappa shape index (κ3) is 8.80. The lowest BCUT2D eigenvalue weighted by Crippen LogP contribution is -2.43. The van der Waals surface area contributed by atoms with Crippen LogP contribution in [0.1, 0.15) is 27.2 Å². The van der Waals surface area contributed by atoms with Gasteiger partial charge in [-0.25, -0.2) is 9.59 Å². The van der Waals surface area contributed by atoms with E-state index in [1.54, 1.807) is 0 Å². The molecule has 0 unspecified atom stereocenters. The Morgan fingerprint density at radius 1 is 1.00 bits per heavy atom. The summed E-state index contributed by atoms with van der Waals surface area (Å²) in [6, 6.07) is -0.503. The van der Waals surface area contributed by atoms with Crippen molar-refractivity contribution < 1.29 is 19.5 Å². The molecule has 2 N–H and O–H groups in total. The Bertz CT molecular complexity index is 378. The second kappa shape index (κ2) is 10.8. The molecule has 21 heavy (non-hydrogen) atoms. The van der Waals surface area contributed by atoms with Crippen molar-refractivity contribution in [3.05, 3.63) is 12.2 Å². The van der Waals surface area contributed by atoms with Crippen LogP contribution in [0.25, 0.3) is 0 Å². The van der Waals surface area contributed by atoms with Crippen LogP contribution in [0, 0.1) is 0 Å². The predicted octanol–water partition coefficient (Wildman–Crippen LogP) is 0.917. The van der Waals surface area contributed by atoms with Gasteiger partial charge in [0, 0.05) is 25.2 Å². The minimum atomic E-state index is -1.23. The van der Waals surface area contributed by atoms with Crippen LogP contribution in [0.3, 0.4) is 0 Å². The summed E-state index contributed by atoms with van der Waals surface area (Å²) in [4.78, 5) is 37.2. The zero-order valence-corrected chi connectivity index (χ0v) is 13.0. The molecule has 0 radical (unpaired) electrons. The number of carbonyl (C=O) groups excluding carboxylic acids is 2. The van der Waals surface area contributed by atoms with Crippen LogP contribution in [0.2, 0.25) is 0 Å². The second-order valence-electron chi connectivity index (χ2n) is 4.43. The molecule has 3 amide bonds. The lowest BCUT2D eigenvalue weighted by atomic mass is 10.3. The molecule has 7 heteroatoms. The van der Waals surface area contributed by atoms with E-state index in [9.17, 15) is 14.4 Å². The molecule has 0 spiro atoms. The summed E-state index contributed by atoms with van der Waals surface area (Å²) in [5, 5.41) is 10.5. The van der Waals surface area contributed by atoms with E-state index in [4.69, 9.17) is 5.11 Å². The van der Waals surface area contributed by atoms with Crippen molar-refractivity contribution in [2.75, 3.05) is 32.7 Å². The molecule has 0 aliphatic rings. The molecule has 0 fully saturated rings. The number of rotatable bonds is 9. The van der Waals surface area contributed by atoms with E-state index in [2.05, 4.69) is 24.1 Å². The number of aliphatic carboxylic acids is 1. The number of amides is 3. The van der Waals surface area contributed by atoms with Crippen LogP contribution in [0.4, 0.5) is 4.79 Å². The Morgan fingerprint density at radius 2 is 1.62 bits per heavy atom. The zero-order valence-electron chi connectivity index (χ0n) is 13.0. The Balaban J connectivity index is 4.24. The van der Waals surface area contributed by atoms with Gasteiger partial charge in [0.15, 0.2) is 0 Å². The fourth-order valence-electron chi connectivity index (χ4n) is 1.80. The first-order valence-electron chi connectivity index (χ1n) is 7.17. The zero-order chi connectivity index (χ0) is 16.3. The normalized spacial score (nSPS) is 10.9. The van der Waals surface area contributed by atoms with Gasteiger partial charge in [0.1, 0.15) is 0 Å². The summed E-state index contributed by atoms with van der Waals surface area (Å²) in [5.74, 6) is -1.96. The van der Waals surface area contributed by atoms with Gasteiger partial charge in [0.2, 0.25) is 0 Å². The highest BCUT2D eigenvalue weighted by atomic mass is 16.4. The number of carbonyl (C=O) groups is 3. The van der Waals surface area contributed by atoms with Gasteiger partial charge in [0.25, 0.3) is 5.91 Å². The van der Waals surface area contributed by atoms with Gasteiger partial charge in [-0.15, -0.1) is 0 Å². The average Bonchev–Trinajstić information content (AvgIpc) is 2.45. The van der Waals surface area contributed by atoms with Gasteiger partial charge >= 0.3 is 12.0 Å². The summed E-state index contributed by atoms with van der Waals surface area (Å²) in [6.45, 7) is 9.86. The highest BCUT2D eigenvalue weighted by molar-refractivity contribution is 6.02. The van der Waals surface area contributed by atoms with E-state index < -0.39 is 17.9 Å². The number of urea groups is 1. The number of nitrogens with zero attached hydrogens (tertiary/aromatic N) is 2. The number of carboxylic acids is 1. The summed E-state index contributed by atoms with van der Waals surface area (Å²) in [7, 11) is 0. The number of carboxylic acid groups (broad SMARTS) is 1. The molecular weight excluding hydrogens is 274 g/mol. The first-order valence-corrected chi connectivity index (χ1v) is 7.17. The molecule has 0 saturated carbocycles. The van der Waals surface area contributed by atoms with Crippen molar-refractivity contribution >= 4 is 17.9 Å².